The van der Waals surface area contributed by atoms with Crippen LogP contribution in [0.1, 0.15) is 39.5 Å². The summed E-state index contributed by atoms with van der Waals surface area (Å²) in [5.41, 5.74) is 7.21. The Balaban J connectivity index is 3.02. The molecule has 0 bridgehead atoms. The molecule has 1 aromatic rings. The number of nitrogens with two attached hydrogens (primary N) is 1. The van der Waals surface area contributed by atoms with Gasteiger partial charge < -0.3 is 10.6 Å². The third kappa shape index (κ3) is 4.89. The lowest BCUT2D eigenvalue weighted by molar-refractivity contribution is 0.588. The highest BCUT2D eigenvalue weighted by atomic mass is 32.2. The van der Waals surface area contributed by atoms with Crippen molar-refractivity contribution in [2.45, 2.75) is 44.4 Å². The standard InChI is InChI=1S/C15H27N3O2S/c1-4-6-10-18(11-7-5-2)13-8-9-15(14(16)12-13)21(19,20)17-3/h8-9,12,17H,4-7,10-11,16H2,1-3H3. The highest BCUT2D eigenvalue weighted by Crippen LogP contribution is 2.25. The Morgan fingerprint density at radius 1 is 1.14 bits per heavy atom. The topological polar surface area (TPSA) is 75.4 Å². The Bertz CT molecular complexity index is 536. The van der Waals surface area contributed by atoms with Gasteiger partial charge in [-0.05, 0) is 38.1 Å². The molecule has 0 fully saturated rings. The van der Waals surface area contributed by atoms with Crippen LogP contribution in [0.3, 0.4) is 0 Å². The average molecular weight is 313 g/mol. The minimum Gasteiger partial charge on any atom is -0.398 e. The number of rotatable bonds is 9. The van der Waals surface area contributed by atoms with Crippen LogP contribution in [0, 0.1) is 0 Å². The van der Waals surface area contributed by atoms with Gasteiger partial charge in [-0.2, -0.15) is 0 Å². The Labute approximate surface area is 128 Å². The van der Waals surface area contributed by atoms with Crippen LogP contribution in [-0.4, -0.2) is 28.6 Å². The molecule has 0 aliphatic heterocycles. The van der Waals surface area contributed by atoms with Crippen molar-refractivity contribution in [2.75, 3.05) is 30.8 Å². The van der Waals surface area contributed by atoms with Crippen LogP contribution in [0.5, 0.6) is 0 Å². The Hall–Kier alpha value is -1.27. The Morgan fingerprint density at radius 2 is 1.71 bits per heavy atom. The lowest BCUT2D eigenvalue weighted by Crippen LogP contribution is -2.26. The summed E-state index contributed by atoms with van der Waals surface area (Å²) in [6, 6.07) is 5.18. The van der Waals surface area contributed by atoms with Crippen molar-refractivity contribution in [3.05, 3.63) is 18.2 Å². The summed E-state index contributed by atoms with van der Waals surface area (Å²) in [4.78, 5) is 2.42. The van der Waals surface area contributed by atoms with E-state index in [0.29, 0.717) is 5.69 Å². The van der Waals surface area contributed by atoms with E-state index in [2.05, 4.69) is 23.5 Å². The molecule has 0 radical (unpaired) electrons. The zero-order chi connectivity index (χ0) is 15.9. The predicted molar refractivity (Wildman–Crippen MR) is 89.1 cm³/mol. The number of nitrogen functional groups attached to an aromatic ring is 1. The number of sulfonamides is 1. The Morgan fingerprint density at radius 3 is 2.14 bits per heavy atom. The predicted octanol–water partition coefficient (Wildman–Crippen LogP) is 2.58. The molecule has 0 saturated heterocycles. The van der Waals surface area contributed by atoms with E-state index in [0.717, 1.165) is 44.5 Å². The van der Waals surface area contributed by atoms with Gasteiger partial charge in [0.05, 0.1) is 5.69 Å². The van der Waals surface area contributed by atoms with Gasteiger partial charge in [0.25, 0.3) is 0 Å². The van der Waals surface area contributed by atoms with E-state index in [1.54, 1.807) is 12.1 Å². The summed E-state index contributed by atoms with van der Waals surface area (Å²) < 4.78 is 26.0. The number of benzene rings is 1. The monoisotopic (exact) mass is 313 g/mol. The van der Waals surface area contributed by atoms with Gasteiger partial charge in [-0.25, -0.2) is 13.1 Å². The number of anilines is 2. The second kappa shape index (κ2) is 8.24. The Kier molecular flexibility index (Phi) is 6.98. The summed E-state index contributed by atoms with van der Waals surface area (Å²) in [5.74, 6) is 0. The molecule has 3 N–H and O–H groups in total. The smallest absolute Gasteiger partial charge is 0.242 e. The van der Waals surface area contributed by atoms with Gasteiger partial charge in [0.15, 0.2) is 0 Å². The fourth-order valence-corrected chi connectivity index (χ4v) is 2.99. The highest BCUT2D eigenvalue weighted by molar-refractivity contribution is 7.89. The van der Waals surface area contributed by atoms with Crippen LogP contribution >= 0.6 is 0 Å². The van der Waals surface area contributed by atoms with Crippen molar-refractivity contribution in [3.8, 4) is 0 Å². The lowest BCUT2D eigenvalue weighted by Gasteiger charge is -2.25. The van der Waals surface area contributed by atoms with E-state index in [9.17, 15) is 8.42 Å². The molecule has 0 amide bonds. The van der Waals surface area contributed by atoms with Gasteiger partial charge in [-0.3, -0.25) is 0 Å². The van der Waals surface area contributed by atoms with Crippen LogP contribution in [0.25, 0.3) is 0 Å². The highest BCUT2D eigenvalue weighted by Gasteiger charge is 2.16. The van der Waals surface area contributed by atoms with Gasteiger partial charge in [0, 0.05) is 18.8 Å². The quantitative estimate of drug-likeness (QED) is 0.687. The molecule has 0 heterocycles. The maximum absolute atomic E-state index is 11.8. The van der Waals surface area contributed by atoms with Crippen LogP contribution in [0.15, 0.2) is 23.1 Å². The summed E-state index contributed by atoms with van der Waals surface area (Å²) >= 11 is 0. The second-order valence-corrected chi connectivity index (χ2v) is 6.98. The first-order valence-corrected chi connectivity index (χ1v) is 9.02. The number of nitrogens with one attached hydrogen (secondary N) is 1. The lowest BCUT2D eigenvalue weighted by atomic mass is 10.2. The van der Waals surface area contributed by atoms with Crippen LogP contribution < -0.4 is 15.4 Å². The molecule has 0 atom stereocenters. The molecule has 0 aromatic heterocycles. The second-order valence-electron chi connectivity index (χ2n) is 5.12. The fourth-order valence-electron chi connectivity index (χ4n) is 2.16. The molecular weight excluding hydrogens is 286 g/mol. The van der Waals surface area contributed by atoms with Crippen LogP contribution in [0.4, 0.5) is 11.4 Å². The van der Waals surface area contributed by atoms with Crippen LogP contribution in [-0.2, 0) is 10.0 Å². The minimum atomic E-state index is -3.50. The summed E-state index contributed by atoms with van der Waals surface area (Å²) in [7, 11) is -2.11. The maximum Gasteiger partial charge on any atom is 0.242 e. The zero-order valence-electron chi connectivity index (χ0n) is 13.2. The fraction of sp³-hybridized carbons (Fsp3) is 0.600. The van der Waals surface area contributed by atoms with Gasteiger partial charge in [-0.15, -0.1) is 0 Å². The van der Waals surface area contributed by atoms with Crippen molar-refractivity contribution >= 4 is 21.4 Å². The first kappa shape index (κ1) is 17.8. The molecule has 0 aliphatic rings. The van der Waals surface area contributed by atoms with E-state index in [-0.39, 0.29) is 4.90 Å². The third-order valence-corrected chi connectivity index (χ3v) is 4.97. The molecule has 0 saturated carbocycles. The molecule has 0 spiro atoms. The number of hydrogen-bond donors (Lipinski definition) is 2. The van der Waals surface area contributed by atoms with Crippen LogP contribution in [0.2, 0.25) is 0 Å². The van der Waals surface area contributed by atoms with E-state index in [1.807, 2.05) is 6.07 Å². The molecule has 6 heteroatoms. The third-order valence-electron chi connectivity index (χ3n) is 3.48. The molecule has 0 unspecified atom stereocenters. The van der Waals surface area contributed by atoms with Gasteiger partial charge in [0.1, 0.15) is 4.90 Å². The van der Waals surface area contributed by atoms with E-state index < -0.39 is 10.0 Å². The van der Waals surface area contributed by atoms with Crippen molar-refractivity contribution in [3.63, 3.8) is 0 Å². The van der Waals surface area contributed by atoms with Gasteiger partial charge in [-0.1, -0.05) is 26.7 Å². The van der Waals surface area contributed by atoms with E-state index >= 15 is 0 Å². The molecular formula is C15H27N3O2S. The van der Waals surface area contributed by atoms with Gasteiger partial charge >= 0.3 is 0 Å². The van der Waals surface area contributed by atoms with Crippen molar-refractivity contribution in [1.82, 2.24) is 4.72 Å². The molecule has 5 nitrogen and oxygen atoms in total. The first-order valence-electron chi connectivity index (χ1n) is 7.54. The molecule has 0 aliphatic carbocycles. The maximum atomic E-state index is 11.8. The molecule has 21 heavy (non-hydrogen) atoms. The summed E-state index contributed by atoms with van der Waals surface area (Å²) in [6.45, 7) is 6.26. The zero-order valence-corrected chi connectivity index (χ0v) is 14.0. The average Bonchev–Trinajstić information content (AvgIpc) is 2.47. The van der Waals surface area contributed by atoms with Crippen molar-refractivity contribution in [2.24, 2.45) is 0 Å². The SMILES string of the molecule is CCCCN(CCCC)c1ccc(S(=O)(=O)NC)c(N)c1. The number of unbranched alkanes of at least 4 members (excludes halogenated alkanes) is 2. The molecule has 1 rings (SSSR count). The molecule has 1 aromatic carbocycles. The minimum absolute atomic E-state index is 0.139. The summed E-state index contributed by atoms with van der Waals surface area (Å²) in [5, 5.41) is 0. The van der Waals surface area contributed by atoms with Crippen molar-refractivity contribution < 1.29 is 8.42 Å². The van der Waals surface area contributed by atoms with Crippen molar-refractivity contribution in [1.29, 1.82) is 0 Å². The normalized spacial score (nSPS) is 11.6. The van der Waals surface area contributed by atoms with Gasteiger partial charge in [0.2, 0.25) is 10.0 Å². The first-order chi connectivity index (χ1) is 9.96. The summed E-state index contributed by atoms with van der Waals surface area (Å²) in [6.07, 6.45) is 4.48. The number of hydrogen-bond acceptors (Lipinski definition) is 4. The van der Waals surface area contributed by atoms with E-state index in [1.165, 1.54) is 7.05 Å². The largest absolute Gasteiger partial charge is 0.398 e. The number of nitrogens with zero attached hydrogens (tertiary/aromatic N) is 1. The molecule has 120 valence electrons. The van der Waals surface area contributed by atoms with E-state index in [4.69, 9.17) is 5.73 Å².